The quantitative estimate of drug-likeness (QED) is 0.902. The first-order valence-electron chi connectivity index (χ1n) is 5.70. The van der Waals surface area contributed by atoms with Crippen molar-refractivity contribution in [2.24, 2.45) is 0 Å². The number of aryl methyl sites for hydroxylation is 2. The summed E-state index contributed by atoms with van der Waals surface area (Å²) in [4.78, 5) is 8.97. The Morgan fingerprint density at radius 1 is 1.41 bits per heavy atom. The van der Waals surface area contributed by atoms with Gasteiger partial charge in [-0.15, -0.1) is 11.3 Å². The van der Waals surface area contributed by atoms with Crippen LogP contribution in [0.3, 0.4) is 0 Å². The fourth-order valence-electron chi connectivity index (χ4n) is 1.91. The fraction of sp³-hybridized carbons (Fsp3) is 0.385. The van der Waals surface area contributed by atoms with Gasteiger partial charge in [0.1, 0.15) is 0 Å². The van der Waals surface area contributed by atoms with Crippen LogP contribution in [-0.4, -0.2) is 17.0 Å². The van der Waals surface area contributed by atoms with Gasteiger partial charge in [0.2, 0.25) is 0 Å². The van der Waals surface area contributed by atoms with Crippen molar-refractivity contribution in [3.05, 3.63) is 45.7 Å². The summed E-state index contributed by atoms with van der Waals surface area (Å²) in [6, 6.07) is 4.30. The Labute approximate surface area is 106 Å². The molecule has 4 heteroatoms. The summed E-state index contributed by atoms with van der Waals surface area (Å²) in [6.07, 6.45) is 2.73. The Hall–Kier alpha value is -1.26. The SMILES string of the molecule is CNC(Cc1csc(C)n1)c1ncccc1C. The van der Waals surface area contributed by atoms with Crippen LogP contribution in [0.1, 0.15) is 28.0 Å². The molecule has 2 rings (SSSR count). The Morgan fingerprint density at radius 2 is 2.24 bits per heavy atom. The summed E-state index contributed by atoms with van der Waals surface area (Å²) < 4.78 is 0. The van der Waals surface area contributed by atoms with Gasteiger partial charge in [-0.2, -0.15) is 0 Å². The van der Waals surface area contributed by atoms with E-state index in [4.69, 9.17) is 0 Å². The van der Waals surface area contributed by atoms with Crippen LogP contribution in [0.25, 0.3) is 0 Å². The molecule has 0 amide bonds. The smallest absolute Gasteiger partial charge is 0.0897 e. The second-order valence-corrected chi connectivity index (χ2v) is 5.17. The van der Waals surface area contributed by atoms with Gasteiger partial charge >= 0.3 is 0 Å². The van der Waals surface area contributed by atoms with E-state index in [-0.39, 0.29) is 6.04 Å². The Kier molecular flexibility index (Phi) is 3.86. The molecule has 0 saturated carbocycles. The lowest BCUT2D eigenvalue weighted by Crippen LogP contribution is -2.21. The minimum atomic E-state index is 0.234. The van der Waals surface area contributed by atoms with Crippen LogP contribution < -0.4 is 5.32 Å². The molecule has 1 atom stereocenters. The highest BCUT2D eigenvalue weighted by molar-refractivity contribution is 7.09. The molecule has 0 saturated heterocycles. The summed E-state index contributed by atoms with van der Waals surface area (Å²) >= 11 is 1.70. The lowest BCUT2D eigenvalue weighted by Gasteiger charge is -2.16. The van der Waals surface area contributed by atoms with Crippen molar-refractivity contribution in [1.82, 2.24) is 15.3 Å². The highest BCUT2D eigenvalue weighted by atomic mass is 32.1. The molecule has 0 bridgehead atoms. The number of hydrogen-bond acceptors (Lipinski definition) is 4. The second-order valence-electron chi connectivity index (χ2n) is 4.11. The first-order valence-corrected chi connectivity index (χ1v) is 6.58. The van der Waals surface area contributed by atoms with Crippen LogP contribution in [0.5, 0.6) is 0 Å². The van der Waals surface area contributed by atoms with Gasteiger partial charge in [-0.3, -0.25) is 4.98 Å². The van der Waals surface area contributed by atoms with Crippen LogP contribution in [-0.2, 0) is 6.42 Å². The van der Waals surface area contributed by atoms with Crippen LogP contribution in [0, 0.1) is 13.8 Å². The first-order chi connectivity index (χ1) is 8.20. The largest absolute Gasteiger partial charge is 0.311 e. The highest BCUT2D eigenvalue weighted by Gasteiger charge is 2.14. The normalized spacial score (nSPS) is 12.6. The van der Waals surface area contributed by atoms with E-state index >= 15 is 0 Å². The predicted octanol–water partition coefficient (Wildman–Crippen LogP) is 2.66. The Morgan fingerprint density at radius 3 is 2.82 bits per heavy atom. The Bertz CT molecular complexity index is 493. The summed E-state index contributed by atoms with van der Waals surface area (Å²) in [5, 5.41) is 6.56. The van der Waals surface area contributed by atoms with E-state index < -0.39 is 0 Å². The van der Waals surface area contributed by atoms with E-state index in [1.54, 1.807) is 11.3 Å². The van der Waals surface area contributed by atoms with E-state index in [0.29, 0.717) is 0 Å². The van der Waals surface area contributed by atoms with E-state index in [1.807, 2.05) is 26.2 Å². The zero-order valence-electron chi connectivity index (χ0n) is 10.4. The summed E-state index contributed by atoms with van der Waals surface area (Å²) in [5.74, 6) is 0. The topological polar surface area (TPSA) is 37.8 Å². The number of nitrogens with one attached hydrogen (secondary N) is 1. The van der Waals surface area contributed by atoms with E-state index in [0.717, 1.165) is 22.8 Å². The number of nitrogens with zero attached hydrogens (tertiary/aromatic N) is 2. The van der Waals surface area contributed by atoms with Gasteiger partial charge in [0.05, 0.1) is 22.4 Å². The number of aromatic nitrogens is 2. The number of pyridine rings is 1. The fourth-order valence-corrected chi connectivity index (χ4v) is 2.53. The third-order valence-corrected chi connectivity index (χ3v) is 3.63. The molecule has 17 heavy (non-hydrogen) atoms. The number of rotatable bonds is 4. The van der Waals surface area contributed by atoms with Gasteiger partial charge in [-0.1, -0.05) is 6.07 Å². The van der Waals surface area contributed by atoms with Gasteiger partial charge in [-0.05, 0) is 32.5 Å². The summed E-state index contributed by atoms with van der Waals surface area (Å²) in [7, 11) is 1.97. The lowest BCUT2D eigenvalue weighted by molar-refractivity contribution is 0.566. The summed E-state index contributed by atoms with van der Waals surface area (Å²) in [5.41, 5.74) is 3.47. The molecule has 1 N–H and O–H groups in total. The van der Waals surface area contributed by atoms with Gasteiger partial charge in [-0.25, -0.2) is 4.98 Å². The zero-order chi connectivity index (χ0) is 12.3. The Balaban J connectivity index is 2.20. The number of likely N-dealkylation sites (N-methyl/N-ethyl adjacent to an activating group) is 1. The van der Waals surface area contributed by atoms with E-state index in [2.05, 4.69) is 33.7 Å². The minimum absolute atomic E-state index is 0.234. The maximum atomic E-state index is 4.50. The lowest BCUT2D eigenvalue weighted by atomic mass is 10.0. The van der Waals surface area contributed by atoms with E-state index in [9.17, 15) is 0 Å². The second kappa shape index (κ2) is 5.38. The molecule has 2 aromatic heterocycles. The molecule has 0 aliphatic rings. The maximum absolute atomic E-state index is 4.50. The molecule has 90 valence electrons. The predicted molar refractivity (Wildman–Crippen MR) is 71.3 cm³/mol. The van der Waals surface area contributed by atoms with Crippen molar-refractivity contribution in [3.63, 3.8) is 0 Å². The van der Waals surface area contributed by atoms with Crippen molar-refractivity contribution in [2.45, 2.75) is 26.3 Å². The maximum Gasteiger partial charge on any atom is 0.0897 e. The molecule has 3 nitrogen and oxygen atoms in total. The standard InChI is InChI=1S/C13H17N3S/c1-9-5-4-6-15-13(9)12(14-3)7-11-8-17-10(2)16-11/h4-6,8,12,14H,7H2,1-3H3. The molecule has 0 aromatic carbocycles. The monoisotopic (exact) mass is 247 g/mol. The third kappa shape index (κ3) is 2.90. The average Bonchev–Trinajstić information content (AvgIpc) is 2.73. The van der Waals surface area contributed by atoms with E-state index in [1.165, 1.54) is 5.56 Å². The van der Waals surface area contributed by atoms with Crippen LogP contribution in [0.4, 0.5) is 0 Å². The highest BCUT2D eigenvalue weighted by Crippen LogP contribution is 2.20. The van der Waals surface area contributed by atoms with Gasteiger partial charge < -0.3 is 5.32 Å². The average molecular weight is 247 g/mol. The van der Waals surface area contributed by atoms with Crippen LogP contribution >= 0.6 is 11.3 Å². The van der Waals surface area contributed by atoms with Crippen molar-refractivity contribution in [2.75, 3.05) is 7.05 Å². The summed E-state index contributed by atoms with van der Waals surface area (Å²) in [6.45, 7) is 4.13. The minimum Gasteiger partial charge on any atom is -0.311 e. The molecule has 1 unspecified atom stereocenters. The molecule has 2 heterocycles. The molecule has 2 aromatic rings. The van der Waals surface area contributed by atoms with Crippen LogP contribution in [0.15, 0.2) is 23.7 Å². The number of hydrogen-bond donors (Lipinski definition) is 1. The van der Waals surface area contributed by atoms with Gasteiger partial charge in [0.15, 0.2) is 0 Å². The van der Waals surface area contributed by atoms with Crippen LogP contribution in [0.2, 0.25) is 0 Å². The first kappa shape index (κ1) is 12.2. The number of thiazole rings is 1. The molecular formula is C13H17N3S. The van der Waals surface area contributed by atoms with Gasteiger partial charge in [0.25, 0.3) is 0 Å². The van der Waals surface area contributed by atoms with Crippen molar-refractivity contribution < 1.29 is 0 Å². The van der Waals surface area contributed by atoms with Crippen molar-refractivity contribution in [3.8, 4) is 0 Å². The molecule has 0 aliphatic heterocycles. The van der Waals surface area contributed by atoms with Gasteiger partial charge in [0, 0.05) is 18.0 Å². The van der Waals surface area contributed by atoms with Crippen molar-refractivity contribution >= 4 is 11.3 Å². The zero-order valence-corrected chi connectivity index (χ0v) is 11.2. The molecule has 0 fully saturated rings. The molecule has 0 radical (unpaired) electrons. The molecular weight excluding hydrogens is 230 g/mol. The molecule has 0 spiro atoms. The third-order valence-electron chi connectivity index (χ3n) is 2.81. The molecule has 0 aliphatic carbocycles. The van der Waals surface area contributed by atoms with Crippen molar-refractivity contribution in [1.29, 1.82) is 0 Å².